The van der Waals surface area contributed by atoms with Gasteiger partial charge >= 0.3 is 0 Å². The van der Waals surface area contributed by atoms with E-state index in [4.69, 9.17) is 0 Å². The number of rotatable bonds is 7. The molecule has 6 nitrogen and oxygen atoms in total. The lowest BCUT2D eigenvalue weighted by Crippen LogP contribution is -2.45. The third kappa shape index (κ3) is 6.46. The summed E-state index contributed by atoms with van der Waals surface area (Å²) in [6.45, 7) is 8.09. The summed E-state index contributed by atoms with van der Waals surface area (Å²) in [5.41, 5.74) is 1.07. The molecule has 1 aromatic rings. The fraction of sp³-hybridized carbons (Fsp3) is 0.632. The maximum absolute atomic E-state index is 12.4. The fourth-order valence-electron chi connectivity index (χ4n) is 3.21. The number of hydrogen-bond donors (Lipinski definition) is 2. The largest absolute Gasteiger partial charge is 0.353 e. The number of pyridine rings is 1. The first-order valence-corrected chi connectivity index (χ1v) is 9.23. The Morgan fingerprint density at radius 2 is 2.08 bits per heavy atom. The van der Waals surface area contributed by atoms with E-state index >= 15 is 0 Å². The number of anilines is 1. The second kappa shape index (κ2) is 9.51. The molecule has 25 heavy (non-hydrogen) atoms. The minimum absolute atomic E-state index is 0.0133. The van der Waals surface area contributed by atoms with E-state index in [9.17, 15) is 9.59 Å². The number of aryl methyl sites for hydroxylation is 1. The van der Waals surface area contributed by atoms with Gasteiger partial charge in [0.2, 0.25) is 11.8 Å². The van der Waals surface area contributed by atoms with Crippen LogP contribution in [0.1, 0.15) is 45.1 Å². The molecule has 0 aromatic carbocycles. The number of amides is 2. The Balaban J connectivity index is 1.73. The van der Waals surface area contributed by atoms with Crippen molar-refractivity contribution < 1.29 is 9.59 Å². The lowest BCUT2D eigenvalue weighted by atomic mass is 9.96. The van der Waals surface area contributed by atoms with Crippen LogP contribution in [0.5, 0.6) is 0 Å². The summed E-state index contributed by atoms with van der Waals surface area (Å²) in [5, 5.41) is 5.93. The molecule has 1 aliphatic rings. The first-order chi connectivity index (χ1) is 12.0. The molecular formula is C19H30N4O2. The number of aromatic nitrogens is 1. The first kappa shape index (κ1) is 19.4. The summed E-state index contributed by atoms with van der Waals surface area (Å²) in [5.74, 6) is 0.698. The van der Waals surface area contributed by atoms with Crippen molar-refractivity contribution in [3.05, 3.63) is 23.9 Å². The fourth-order valence-corrected chi connectivity index (χ4v) is 3.21. The SMILES string of the molecule is CCC[C@H](C)NC(=O)CN1CCC(C(=O)Nc2cc(C)ccn2)CC1. The van der Waals surface area contributed by atoms with Gasteiger partial charge in [-0.2, -0.15) is 0 Å². The molecule has 2 N–H and O–H groups in total. The van der Waals surface area contributed by atoms with Crippen molar-refractivity contribution in [1.29, 1.82) is 0 Å². The smallest absolute Gasteiger partial charge is 0.234 e. The van der Waals surface area contributed by atoms with Crippen molar-refractivity contribution in [3.63, 3.8) is 0 Å². The quantitative estimate of drug-likeness (QED) is 0.795. The predicted octanol–water partition coefficient (Wildman–Crippen LogP) is 2.35. The molecule has 1 aliphatic heterocycles. The van der Waals surface area contributed by atoms with Crippen LogP contribution in [0.2, 0.25) is 0 Å². The molecule has 1 fully saturated rings. The summed E-state index contributed by atoms with van der Waals surface area (Å²) < 4.78 is 0. The minimum atomic E-state index is -0.0133. The molecule has 138 valence electrons. The van der Waals surface area contributed by atoms with Crippen molar-refractivity contribution in [2.45, 2.75) is 52.5 Å². The summed E-state index contributed by atoms with van der Waals surface area (Å²) in [6.07, 6.45) is 5.31. The average molecular weight is 346 g/mol. The molecule has 2 rings (SSSR count). The molecule has 1 atom stereocenters. The monoisotopic (exact) mass is 346 g/mol. The minimum Gasteiger partial charge on any atom is -0.353 e. The second-order valence-electron chi connectivity index (χ2n) is 7.02. The van der Waals surface area contributed by atoms with Gasteiger partial charge in [0.25, 0.3) is 0 Å². The van der Waals surface area contributed by atoms with Gasteiger partial charge in [-0.1, -0.05) is 13.3 Å². The summed E-state index contributed by atoms with van der Waals surface area (Å²) in [6, 6.07) is 4.00. The molecule has 0 saturated carbocycles. The van der Waals surface area contributed by atoms with Gasteiger partial charge in [-0.05, 0) is 63.9 Å². The molecule has 0 aliphatic carbocycles. The highest BCUT2D eigenvalue weighted by atomic mass is 16.2. The Hall–Kier alpha value is -1.95. The zero-order chi connectivity index (χ0) is 18.2. The standard InChI is InChI=1S/C19H30N4O2/c1-4-5-15(3)21-18(24)13-23-10-7-16(8-11-23)19(25)22-17-12-14(2)6-9-20-17/h6,9,12,15-16H,4-5,7-8,10-11,13H2,1-3H3,(H,21,24)(H,20,22,25)/t15-/m0/s1. The lowest BCUT2D eigenvalue weighted by Gasteiger charge is -2.31. The van der Waals surface area contributed by atoms with Crippen molar-refractivity contribution in [2.24, 2.45) is 5.92 Å². The molecule has 0 bridgehead atoms. The van der Waals surface area contributed by atoms with Gasteiger partial charge in [-0.3, -0.25) is 14.5 Å². The van der Waals surface area contributed by atoms with Crippen LogP contribution in [0.15, 0.2) is 18.3 Å². The van der Waals surface area contributed by atoms with Crippen molar-refractivity contribution >= 4 is 17.6 Å². The number of nitrogens with zero attached hydrogens (tertiary/aromatic N) is 2. The first-order valence-electron chi connectivity index (χ1n) is 9.23. The van der Waals surface area contributed by atoms with Crippen LogP contribution in [0, 0.1) is 12.8 Å². The van der Waals surface area contributed by atoms with E-state index in [1.807, 2.05) is 26.0 Å². The highest BCUT2D eigenvalue weighted by Crippen LogP contribution is 2.19. The Bertz CT molecular complexity index is 583. The van der Waals surface area contributed by atoms with Gasteiger partial charge in [-0.15, -0.1) is 0 Å². The van der Waals surface area contributed by atoms with Crippen LogP contribution >= 0.6 is 0 Å². The highest BCUT2D eigenvalue weighted by molar-refractivity contribution is 5.91. The lowest BCUT2D eigenvalue weighted by molar-refractivity contribution is -0.123. The molecule has 2 heterocycles. The van der Waals surface area contributed by atoms with Crippen LogP contribution in [-0.2, 0) is 9.59 Å². The second-order valence-corrected chi connectivity index (χ2v) is 7.02. The molecule has 0 radical (unpaired) electrons. The van der Waals surface area contributed by atoms with E-state index < -0.39 is 0 Å². The van der Waals surface area contributed by atoms with Gasteiger partial charge in [0.05, 0.1) is 6.54 Å². The van der Waals surface area contributed by atoms with Gasteiger partial charge in [0.15, 0.2) is 0 Å². The third-order valence-corrected chi connectivity index (χ3v) is 4.62. The van der Waals surface area contributed by atoms with E-state index in [1.165, 1.54) is 0 Å². The number of piperidine rings is 1. The van der Waals surface area contributed by atoms with Gasteiger partial charge in [-0.25, -0.2) is 4.98 Å². The Labute approximate surface area is 150 Å². The summed E-state index contributed by atoms with van der Waals surface area (Å²) in [7, 11) is 0. The van der Waals surface area contributed by atoms with E-state index in [0.29, 0.717) is 12.4 Å². The van der Waals surface area contributed by atoms with E-state index in [1.54, 1.807) is 6.20 Å². The van der Waals surface area contributed by atoms with Crippen molar-refractivity contribution in [2.75, 3.05) is 25.0 Å². The predicted molar refractivity (Wildman–Crippen MR) is 99.3 cm³/mol. The Kier molecular flexibility index (Phi) is 7.37. The van der Waals surface area contributed by atoms with Gasteiger partial charge < -0.3 is 10.6 Å². The van der Waals surface area contributed by atoms with Crippen LogP contribution < -0.4 is 10.6 Å². The van der Waals surface area contributed by atoms with Crippen LogP contribution in [-0.4, -0.2) is 47.4 Å². The molecule has 6 heteroatoms. The summed E-state index contributed by atoms with van der Waals surface area (Å²) >= 11 is 0. The molecule has 2 amide bonds. The number of carbonyl (C=O) groups is 2. The Morgan fingerprint density at radius 1 is 1.36 bits per heavy atom. The molecular weight excluding hydrogens is 316 g/mol. The van der Waals surface area contributed by atoms with Gasteiger partial charge in [0, 0.05) is 18.2 Å². The van der Waals surface area contributed by atoms with Gasteiger partial charge in [0.1, 0.15) is 5.82 Å². The number of carbonyl (C=O) groups excluding carboxylic acids is 2. The number of likely N-dealkylation sites (tertiary alicyclic amines) is 1. The third-order valence-electron chi connectivity index (χ3n) is 4.62. The average Bonchev–Trinajstić information content (AvgIpc) is 2.55. The van der Waals surface area contributed by atoms with E-state index in [0.717, 1.165) is 44.3 Å². The van der Waals surface area contributed by atoms with Crippen molar-refractivity contribution in [3.8, 4) is 0 Å². The molecule has 1 saturated heterocycles. The molecule has 1 aromatic heterocycles. The normalized spacial score (nSPS) is 17.1. The maximum Gasteiger partial charge on any atom is 0.234 e. The van der Waals surface area contributed by atoms with Crippen LogP contribution in [0.3, 0.4) is 0 Å². The van der Waals surface area contributed by atoms with E-state index in [2.05, 4.69) is 27.4 Å². The van der Waals surface area contributed by atoms with Crippen LogP contribution in [0.25, 0.3) is 0 Å². The van der Waals surface area contributed by atoms with Crippen LogP contribution in [0.4, 0.5) is 5.82 Å². The highest BCUT2D eigenvalue weighted by Gasteiger charge is 2.26. The maximum atomic E-state index is 12.4. The Morgan fingerprint density at radius 3 is 2.72 bits per heavy atom. The number of nitrogens with one attached hydrogen (secondary N) is 2. The summed E-state index contributed by atoms with van der Waals surface area (Å²) in [4.78, 5) is 30.7. The molecule has 0 spiro atoms. The molecule has 0 unspecified atom stereocenters. The zero-order valence-electron chi connectivity index (χ0n) is 15.5. The topological polar surface area (TPSA) is 74.3 Å². The number of hydrogen-bond acceptors (Lipinski definition) is 4. The van der Waals surface area contributed by atoms with Crippen molar-refractivity contribution in [1.82, 2.24) is 15.2 Å². The zero-order valence-corrected chi connectivity index (χ0v) is 15.5. The van der Waals surface area contributed by atoms with E-state index in [-0.39, 0.29) is 23.8 Å².